The van der Waals surface area contributed by atoms with Crippen LogP contribution in [0.15, 0.2) is 36.4 Å². The Kier molecular flexibility index (Phi) is 3.98. The Morgan fingerprint density at radius 3 is 2.60 bits per heavy atom. The lowest BCUT2D eigenvalue weighted by molar-refractivity contribution is 0.0698. The standard InChI is InChI=1S/C15H13F2NO2/c1-9-3-2-4-11(15(19)20)14(9)18-8-10-5-6-12(16)13(17)7-10/h2-7,18H,8H2,1H3,(H,19,20). The van der Waals surface area contributed by atoms with Crippen LogP contribution in [0.3, 0.4) is 0 Å². The number of rotatable bonds is 4. The molecule has 0 atom stereocenters. The van der Waals surface area contributed by atoms with Crippen molar-refractivity contribution in [2.24, 2.45) is 0 Å². The van der Waals surface area contributed by atoms with Gasteiger partial charge in [0.15, 0.2) is 11.6 Å². The van der Waals surface area contributed by atoms with Gasteiger partial charge in [-0.05, 0) is 36.2 Å². The van der Waals surface area contributed by atoms with Crippen molar-refractivity contribution in [2.75, 3.05) is 5.32 Å². The van der Waals surface area contributed by atoms with Crippen LogP contribution in [0.1, 0.15) is 21.5 Å². The smallest absolute Gasteiger partial charge is 0.337 e. The molecule has 0 bridgehead atoms. The van der Waals surface area contributed by atoms with E-state index in [1.807, 2.05) is 0 Å². The van der Waals surface area contributed by atoms with Crippen molar-refractivity contribution in [3.63, 3.8) is 0 Å². The summed E-state index contributed by atoms with van der Waals surface area (Å²) in [7, 11) is 0. The maximum absolute atomic E-state index is 13.1. The molecule has 0 aromatic heterocycles. The molecule has 0 aliphatic heterocycles. The molecule has 0 saturated carbocycles. The minimum absolute atomic E-state index is 0.146. The predicted octanol–water partition coefficient (Wildman–Crippen LogP) is 3.58. The maximum atomic E-state index is 13.1. The summed E-state index contributed by atoms with van der Waals surface area (Å²) < 4.78 is 25.9. The summed E-state index contributed by atoms with van der Waals surface area (Å²) in [6.45, 7) is 1.99. The van der Waals surface area contributed by atoms with E-state index in [-0.39, 0.29) is 12.1 Å². The van der Waals surface area contributed by atoms with E-state index in [1.165, 1.54) is 12.1 Å². The highest BCUT2D eigenvalue weighted by Crippen LogP contribution is 2.21. The molecular formula is C15H13F2NO2. The second-order valence-electron chi connectivity index (χ2n) is 4.40. The third kappa shape index (κ3) is 2.93. The number of benzene rings is 2. The Morgan fingerprint density at radius 1 is 1.20 bits per heavy atom. The van der Waals surface area contributed by atoms with Gasteiger partial charge < -0.3 is 10.4 Å². The Morgan fingerprint density at radius 2 is 1.95 bits per heavy atom. The predicted molar refractivity (Wildman–Crippen MR) is 71.8 cm³/mol. The molecule has 0 aliphatic carbocycles. The number of anilines is 1. The number of carboxylic acid groups (broad SMARTS) is 1. The van der Waals surface area contributed by atoms with Gasteiger partial charge >= 0.3 is 5.97 Å². The molecule has 0 heterocycles. The highest BCUT2D eigenvalue weighted by molar-refractivity contribution is 5.95. The summed E-state index contributed by atoms with van der Waals surface area (Å²) in [6.07, 6.45) is 0. The van der Waals surface area contributed by atoms with Gasteiger partial charge in [0, 0.05) is 6.54 Å². The number of hydrogen-bond acceptors (Lipinski definition) is 2. The summed E-state index contributed by atoms with van der Waals surface area (Å²) in [5, 5.41) is 12.1. The molecule has 0 fully saturated rings. The molecule has 0 saturated heterocycles. The second kappa shape index (κ2) is 5.69. The Balaban J connectivity index is 2.22. The van der Waals surface area contributed by atoms with E-state index >= 15 is 0 Å². The first kappa shape index (κ1) is 14.0. The first-order chi connectivity index (χ1) is 9.49. The quantitative estimate of drug-likeness (QED) is 0.898. The van der Waals surface area contributed by atoms with Crippen molar-refractivity contribution in [1.29, 1.82) is 0 Å². The Hall–Kier alpha value is -2.43. The molecule has 2 N–H and O–H groups in total. The van der Waals surface area contributed by atoms with Crippen LogP contribution in [-0.2, 0) is 6.54 Å². The lowest BCUT2D eigenvalue weighted by Crippen LogP contribution is -2.08. The Bertz CT molecular complexity index is 656. The minimum Gasteiger partial charge on any atom is -0.478 e. The molecule has 2 aromatic rings. The fourth-order valence-corrected chi connectivity index (χ4v) is 1.92. The van der Waals surface area contributed by atoms with E-state index in [0.717, 1.165) is 17.7 Å². The van der Waals surface area contributed by atoms with Crippen LogP contribution in [0, 0.1) is 18.6 Å². The zero-order valence-corrected chi connectivity index (χ0v) is 10.8. The largest absolute Gasteiger partial charge is 0.478 e. The summed E-state index contributed by atoms with van der Waals surface area (Å²) in [5.41, 5.74) is 1.92. The average Bonchev–Trinajstić information content (AvgIpc) is 2.40. The fourth-order valence-electron chi connectivity index (χ4n) is 1.92. The maximum Gasteiger partial charge on any atom is 0.337 e. The minimum atomic E-state index is -1.04. The highest BCUT2D eigenvalue weighted by Gasteiger charge is 2.11. The fraction of sp³-hybridized carbons (Fsp3) is 0.133. The molecule has 3 nitrogen and oxygen atoms in total. The van der Waals surface area contributed by atoms with Crippen molar-refractivity contribution in [3.05, 3.63) is 64.7 Å². The van der Waals surface area contributed by atoms with Gasteiger partial charge in [0.2, 0.25) is 0 Å². The molecule has 0 amide bonds. The molecule has 5 heteroatoms. The van der Waals surface area contributed by atoms with Crippen LogP contribution in [-0.4, -0.2) is 11.1 Å². The number of carbonyl (C=O) groups is 1. The molecule has 0 radical (unpaired) electrons. The van der Waals surface area contributed by atoms with Crippen LogP contribution in [0.2, 0.25) is 0 Å². The van der Waals surface area contributed by atoms with E-state index in [4.69, 9.17) is 5.11 Å². The summed E-state index contributed by atoms with van der Waals surface area (Å²) in [5.74, 6) is -2.87. The topological polar surface area (TPSA) is 49.3 Å². The summed E-state index contributed by atoms with van der Waals surface area (Å²) in [4.78, 5) is 11.1. The van der Waals surface area contributed by atoms with E-state index in [2.05, 4.69) is 5.32 Å². The number of para-hydroxylation sites is 1. The molecule has 20 heavy (non-hydrogen) atoms. The van der Waals surface area contributed by atoms with Crippen molar-refractivity contribution in [1.82, 2.24) is 0 Å². The molecule has 0 aliphatic rings. The zero-order valence-electron chi connectivity index (χ0n) is 10.8. The summed E-state index contributed by atoms with van der Waals surface area (Å²) >= 11 is 0. The van der Waals surface area contributed by atoms with Gasteiger partial charge in [-0.1, -0.05) is 18.2 Å². The van der Waals surface area contributed by atoms with Crippen molar-refractivity contribution < 1.29 is 18.7 Å². The SMILES string of the molecule is Cc1cccc(C(=O)O)c1NCc1ccc(F)c(F)c1. The number of aryl methyl sites for hydroxylation is 1. The van der Waals surface area contributed by atoms with E-state index in [0.29, 0.717) is 11.3 Å². The van der Waals surface area contributed by atoms with Gasteiger partial charge in [-0.25, -0.2) is 13.6 Å². The third-order valence-electron chi connectivity index (χ3n) is 2.96. The van der Waals surface area contributed by atoms with Gasteiger partial charge in [0.05, 0.1) is 11.3 Å². The normalized spacial score (nSPS) is 10.3. The molecule has 2 rings (SSSR count). The third-order valence-corrected chi connectivity index (χ3v) is 2.96. The first-order valence-corrected chi connectivity index (χ1v) is 5.99. The van der Waals surface area contributed by atoms with Gasteiger partial charge in [0.25, 0.3) is 0 Å². The monoisotopic (exact) mass is 277 g/mol. The molecule has 104 valence electrons. The number of aromatic carboxylic acids is 1. The van der Waals surface area contributed by atoms with Crippen molar-refractivity contribution >= 4 is 11.7 Å². The van der Waals surface area contributed by atoms with E-state index in [1.54, 1.807) is 19.1 Å². The van der Waals surface area contributed by atoms with Gasteiger partial charge in [-0.2, -0.15) is 0 Å². The van der Waals surface area contributed by atoms with Gasteiger partial charge in [0.1, 0.15) is 0 Å². The van der Waals surface area contributed by atoms with Crippen LogP contribution in [0.4, 0.5) is 14.5 Å². The molecule has 2 aromatic carbocycles. The lowest BCUT2D eigenvalue weighted by atomic mass is 10.1. The molecule has 0 unspecified atom stereocenters. The van der Waals surface area contributed by atoms with Crippen molar-refractivity contribution in [3.8, 4) is 0 Å². The van der Waals surface area contributed by atoms with E-state index < -0.39 is 17.6 Å². The molecule has 0 spiro atoms. The van der Waals surface area contributed by atoms with Crippen LogP contribution in [0.25, 0.3) is 0 Å². The number of hydrogen-bond donors (Lipinski definition) is 2. The number of halogens is 2. The number of nitrogens with one attached hydrogen (secondary N) is 1. The molecular weight excluding hydrogens is 264 g/mol. The zero-order chi connectivity index (χ0) is 14.7. The second-order valence-corrected chi connectivity index (χ2v) is 4.40. The first-order valence-electron chi connectivity index (χ1n) is 5.99. The van der Waals surface area contributed by atoms with Crippen molar-refractivity contribution in [2.45, 2.75) is 13.5 Å². The average molecular weight is 277 g/mol. The van der Waals surface area contributed by atoms with Gasteiger partial charge in [-0.15, -0.1) is 0 Å². The number of carboxylic acids is 1. The highest BCUT2D eigenvalue weighted by atomic mass is 19.2. The van der Waals surface area contributed by atoms with E-state index in [9.17, 15) is 13.6 Å². The van der Waals surface area contributed by atoms with Crippen LogP contribution >= 0.6 is 0 Å². The Labute approximate surface area is 114 Å². The lowest BCUT2D eigenvalue weighted by Gasteiger charge is -2.12. The van der Waals surface area contributed by atoms with Crippen LogP contribution < -0.4 is 5.32 Å². The van der Waals surface area contributed by atoms with Gasteiger partial charge in [-0.3, -0.25) is 0 Å². The summed E-state index contributed by atoms with van der Waals surface area (Å²) in [6, 6.07) is 8.50. The van der Waals surface area contributed by atoms with Crippen LogP contribution in [0.5, 0.6) is 0 Å².